The van der Waals surface area contributed by atoms with Crippen molar-refractivity contribution < 1.29 is 33.1 Å². The predicted octanol–water partition coefficient (Wildman–Crippen LogP) is 0.599. The predicted molar refractivity (Wildman–Crippen MR) is 63.0 cm³/mol. The van der Waals surface area contributed by atoms with Crippen LogP contribution >= 0.6 is 7.82 Å². The molecule has 10 nitrogen and oxygen atoms in total. The van der Waals surface area contributed by atoms with Gasteiger partial charge in [0.25, 0.3) is 7.82 Å². The minimum atomic E-state index is -5.00. The van der Waals surface area contributed by atoms with E-state index in [1.807, 2.05) is 0 Å². The molecule has 1 saturated heterocycles. The Hall–Kier alpha value is -1.15. The van der Waals surface area contributed by atoms with Crippen LogP contribution in [0.15, 0.2) is 5.11 Å². The van der Waals surface area contributed by atoms with E-state index >= 15 is 0 Å². The van der Waals surface area contributed by atoms with E-state index in [1.165, 1.54) is 20.8 Å². The van der Waals surface area contributed by atoms with Crippen molar-refractivity contribution in [1.82, 2.24) is 0 Å². The van der Waals surface area contributed by atoms with Gasteiger partial charge in [0.15, 0.2) is 6.29 Å². The smallest absolute Gasteiger partial charge is 0.303 e. The fraction of sp³-hybridized carbons (Fsp3) is 0.889. The lowest BCUT2D eigenvalue weighted by molar-refractivity contribution is -0.264. The Morgan fingerprint density at radius 3 is 2.75 bits per heavy atom. The van der Waals surface area contributed by atoms with E-state index in [2.05, 4.69) is 14.5 Å². The largest absolute Gasteiger partial charge is 0.756 e. The van der Waals surface area contributed by atoms with E-state index in [1.54, 1.807) is 0 Å². The highest BCUT2D eigenvalue weighted by atomic mass is 31.2. The Kier molecular flexibility index (Phi) is 5.15. The molecule has 20 heavy (non-hydrogen) atoms. The summed E-state index contributed by atoms with van der Waals surface area (Å²) < 4.78 is 25.3. The number of phosphoric ester groups is 1. The Balaban J connectivity index is 3.00. The molecule has 0 amide bonds. The van der Waals surface area contributed by atoms with Crippen LogP contribution in [0.25, 0.3) is 10.4 Å². The molecule has 114 valence electrons. The number of rotatable bonds is 4. The van der Waals surface area contributed by atoms with E-state index in [0.29, 0.717) is 0 Å². The number of ether oxygens (including phenoxy) is 2. The molecule has 1 fully saturated rings. The first-order chi connectivity index (χ1) is 9.07. The van der Waals surface area contributed by atoms with Gasteiger partial charge in [-0.3, -0.25) is 13.9 Å². The summed E-state index contributed by atoms with van der Waals surface area (Å²) in [4.78, 5) is 33.2. The molecule has 1 N–H and O–H groups in total. The van der Waals surface area contributed by atoms with Crippen molar-refractivity contribution in [3.8, 4) is 0 Å². The molecule has 0 bridgehead atoms. The van der Waals surface area contributed by atoms with Crippen LogP contribution in [-0.4, -0.2) is 34.9 Å². The Labute approximate surface area is 114 Å². The Morgan fingerprint density at radius 2 is 2.30 bits per heavy atom. The molecule has 1 unspecified atom stereocenters. The first-order valence-corrected chi connectivity index (χ1v) is 7.18. The van der Waals surface area contributed by atoms with E-state index in [9.17, 15) is 14.3 Å². The highest BCUT2D eigenvalue weighted by molar-refractivity contribution is 7.44. The van der Waals surface area contributed by atoms with Gasteiger partial charge in [-0.05, 0) is 12.5 Å². The number of azide groups is 1. The maximum absolute atomic E-state index is 11.1. The topological polar surface area (TPSA) is 154 Å². The maximum atomic E-state index is 11.1. The van der Waals surface area contributed by atoms with Gasteiger partial charge in [0.1, 0.15) is 6.10 Å². The van der Waals surface area contributed by atoms with E-state index < -0.39 is 37.8 Å². The summed E-state index contributed by atoms with van der Waals surface area (Å²) in [6.45, 7) is 4.16. The van der Waals surface area contributed by atoms with Gasteiger partial charge in [0, 0.05) is 18.3 Å². The van der Waals surface area contributed by atoms with Gasteiger partial charge in [0.05, 0.1) is 11.6 Å². The van der Waals surface area contributed by atoms with Gasteiger partial charge in [-0.2, -0.15) is 0 Å². The molecule has 0 aliphatic carbocycles. The van der Waals surface area contributed by atoms with Crippen LogP contribution in [0.5, 0.6) is 0 Å². The normalized spacial score (nSPS) is 36.5. The highest BCUT2D eigenvalue weighted by Gasteiger charge is 2.48. The average Bonchev–Trinajstić information content (AvgIpc) is 2.21. The van der Waals surface area contributed by atoms with Gasteiger partial charge in [-0.25, -0.2) is 0 Å². The molecule has 0 aromatic heterocycles. The summed E-state index contributed by atoms with van der Waals surface area (Å²) in [5.74, 6) is -0.596. The molecule has 1 heterocycles. The molecule has 1 aliphatic rings. The summed E-state index contributed by atoms with van der Waals surface area (Å²) in [5.41, 5.74) is 7.35. The van der Waals surface area contributed by atoms with Crippen LogP contribution in [0.3, 0.4) is 0 Å². The van der Waals surface area contributed by atoms with E-state index in [0.717, 1.165) is 0 Å². The molecule has 11 heteroatoms. The molecule has 1 rings (SSSR count). The average molecular weight is 308 g/mol. The quantitative estimate of drug-likeness (QED) is 0.262. The Bertz CT molecular complexity index is 474. The van der Waals surface area contributed by atoms with Gasteiger partial charge < -0.3 is 19.3 Å². The van der Waals surface area contributed by atoms with Crippen LogP contribution in [0, 0.1) is 0 Å². The lowest BCUT2D eigenvalue weighted by atomic mass is 9.86. The molecule has 5 atom stereocenters. The molecular formula is C9H15N3O7P-. The zero-order chi connectivity index (χ0) is 15.6. The first kappa shape index (κ1) is 16.9. The third-order valence-corrected chi connectivity index (χ3v) is 3.30. The fourth-order valence-electron chi connectivity index (χ4n) is 2.13. The van der Waals surface area contributed by atoms with Crippen LogP contribution < -0.4 is 4.89 Å². The van der Waals surface area contributed by atoms with Crippen molar-refractivity contribution in [2.24, 2.45) is 5.11 Å². The van der Waals surface area contributed by atoms with Crippen molar-refractivity contribution in [2.75, 3.05) is 0 Å². The first-order valence-electron chi connectivity index (χ1n) is 5.68. The standard InChI is InChI=1S/C9H16N3O7P/c1-5-8(18-6(2)13)9(3,11-12-10)4-7(17-5)19-20(14,15)16/h5,7-8H,4H2,1-3H3,(H2,14,15,16)/p-1/t5-,7+,8+,9-/m0/s1. The van der Waals surface area contributed by atoms with Crippen molar-refractivity contribution in [1.29, 1.82) is 0 Å². The second-order valence-corrected chi connectivity index (χ2v) is 5.77. The summed E-state index contributed by atoms with van der Waals surface area (Å²) in [7, 11) is -5.00. The number of hydrogen-bond donors (Lipinski definition) is 1. The molecule has 1 aliphatic heterocycles. The number of hydrogen-bond acceptors (Lipinski definition) is 7. The van der Waals surface area contributed by atoms with Crippen LogP contribution in [-0.2, 0) is 23.4 Å². The van der Waals surface area contributed by atoms with Crippen LogP contribution in [0.2, 0.25) is 0 Å². The molecule has 0 spiro atoms. The number of nitrogens with zero attached hydrogens (tertiary/aromatic N) is 3. The van der Waals surface area contributed by atoms with Crippen molar-refractivity contribution in [3.63, 3.8) is 0 Å². The molecule has 0 radical (unpaired) electrons. The summed E-state index contributed by atoms with van der Waals surface area (Å²) in [5, 5.41) is 3.55. The molecular weight excluding hydrogens is 293 g/mol. The summed E-state index contributed by atoms with van der Waals surface area (Å²) >= 11 is 0. The monoisotopic (exact) mass is 308 g/mol. The third kappa shape index (κ3) is 4.45. The lowest BCUT2D eigenvalue weighted by Crippen LogP contribution is -2.55. The second-order valence-electron chi connectivity index (χ2n) is 4.63. The molecule has 0 aromatic carbocycles. The van der Waals surface area contributed by atoms with Crippen LogP contribution in [0.1, 0.15) is 27.2 Å². The van der Waals surface area contributed by atoms with Crippen molar-refractivity contribution >= 4 is 13.8 Å². The number of carbonyl (C=O) groups excluding carboxylic acids is 1. The van der Waals surface area contributed by atoms with E-state index in [4.69, 9.17) is 19.9 Å². The van der Waals surface area contributed by atoms with Gasteiger partial charge in [-0.1, -0.05) is 12.0 Å². The minimum Gasteiger partial charge on any atom is -0.756 e. The van der Waals surface area contributed by atoms with Gasteiger partial charge >= 0.3 is 5.97 Å². The second kappa shape index (κ2) is 6.09. The highest BCUT2D eigenvalue weighted by Crippen LogP contribution is 2.41. The SMILES string of the molecule is CC(=O)O[C@@H]1[C@H](C)O[C@H](OP(=O)([O-])O)C[C@]1(C)N=[N+]=[N-]. The lowest BCUT2D eigenvalue weighted by Gasteiger charge is -2.44. The van der Waals surface area contributed by atoms with Gasteiger partial charge in [0.2, 0.25) is 0 Å². The number of carbonyl (C=O) groups is 1. The molecule has 0 saturated carbocycles. The van der Waals surface area contributed by atoms with Crippen molar-refractivity contribution in [2.45, 2.75) is 51.2 Å². The van der Waals surface area contributed by atoms with Crippen molar-refractivity contribution in [3.05, 3.63) is 10.4 Å². The minimum absolute atomic E-state index is 0.202. The van der Waals surface area contributed by atoms with Crippen LogP contribution in [0.4, 0.5) is 0 Å². The zero-order valence-electron chi connectivity index (χ0n) is 11.1. The molecule has 0 aromatic rings. The van der Waals surface area contributed by atoms with E-state index in [-0.39, 0.29) is 6.42 Å². The third-order valence-electron chi connectivity index (χ3n) is 2.80. The Morgan fingerprint density at radius 1 is 1.70 bits per heavy atom. The summed E-state index contributed by atoms with van der Waals surface area (Å²) in [6.07, 6.45) is -3.23. The zero-order valence-corrected chi connectivity index (χ0v) is 12.0. The fourth-order valence-corrected chi connectivity index (χ4v) is 2.55. The van der Waals surface area contributed by atoms with Gasteiger partial charge in [-0.15, -0.1) is 0 Å². The maximum Gasteiger partial charge on any atom is 0.303 e. The summed E-state index contributed by atoms with van der Waals surface area (Å²) in [6, 6.07) is 0. The number of esters is 1. The number of phosphoric acid groups is 1.